The minimum atomic E-state index is -1.38. The number of esters is 1. The Labute approximate surface area is 249 Å². The van der Waals surface area contributed by atoms with Crippen LogP contribution in [0.15, 0.2) is 33.7 Å². The highest BCUT2D eigenvalue weighted by molar-refractivity contribution is 8.04. The molecule has 15 heteroatoms. The summed E-state index contributed by atoms with van der Waals surface area (Å²) >= 11 is 1.01. The predicted molar refractivity (Wildman–Crippen MR) is 153 cm³/mol. The second kappa shape index (κ2) is 11.9. The van der Waals surface area contributed by atoms with Gasteiger partial charge in [-0.15, -0.1) is 0 Å². The summed E-state index contributed by atoms with van der Waals surface area (Å²) in [5, 5.41) is 18.9. The number of aliphatic carboxylic acids is 1. The van der Waals surface area contributed by atoms with Gasteiger partial charge in [-0.2, -0.15) is 0 Å². The van der Waals surface area contributed by atoms with E-state index < -0.39 is 59.2 Å². The number of fused-ring (bicyclic) bond motifs is 2. The number of thioether (sulfide) groups is 1. The molecule has 0 unspecified atom stereocenters. The monoisotopic (exact) mass is 618 g/mol. The summed E-state index contributed by atoms with van der Waals surface area (Å²) in [6.45, 7) is 6.43. The van der Waals surface area contributed by atoms with Crippen molar-refractivity contribution in [3.63, 3.8) is 0 Å². The second-order valence-corrected chi connectivity index (χ2v) is 11.5. The first kappa shape index (κ1) is 30.4. The van der Waals surface area contributed by atoms with Crippen molar-refractivity contribution in [2.75, 3.05) is 44.3 Å². The maximum Gasteiger partial charge on any atom is 0.409 e. The second-order valence-electron chi connectivity index (χ2n) is 10.3. The summed E-state index contributed by atoms with van der Waals surface area (Å²) in [5.41, 5.74) is -0.767. The van der Waals surface area contributed by atoms with Crippen LogP contribution < -0.4 is 10.3 Å². The van der Waals surface area contributed by atoms with Gasteiger partial charge in [-0.1, -0.05) is 11.8 Å². The lowest BCUT2D eigenvalue weighted by Crippen LogP contribution is -2.60. The van der Waals surface area contributed by atoms with Gasteiger partial charge in [0.15, 0.2) is 0 Å². The maximum atomic E-state index is 15.4. The van der Waals surface area contributed by atoms with E-state index >= 15 is 4.39 Å². The van der Waals surface area contributed by atoms with E-state index in [9.17, 15) is 34.2 Å². The fourth-order valence-corrected chi connectivity index (χ4v) is 7.08. The Morgan fingerprint density at radius 2 is 1.81 bits per heavy atom. The summed E-state index contributed by atoms with van der Waals surface area (Å²) in [6.07, 6.45) is -0.0925. The number of carboxylic acid groups (broad SMARTS) is 1. The van der Waals surface area contributed by atoms with Crippen LogP contribution in [-0.2, 0) is 25.6 Å². The van der Waals surface area contributed by atoms with Gasteiger partial charge >= 0.3 is 18.0 Å². The molecular formula is C28H31FN4O9S. The van der Waals surface area contributed by atoms with Crippen LogP contribution in [0.5, 0.6) is 0 Å². The Balaban J connectivity index is 1.37. The Bertz CT molecular complexity index is 1600. The largest absolute Gasteiger partial charge is 0.477 e. The quantitative estimate of drug-likeness (QED) is 0.328. The Morgan fingerprint density at radius 1 is 1.12 bits per heavy atom. The first-order valence-corrected chi connectivity index (χ1v) is 14.7. The molecule has 3 aliphatic heterocycles. The fourth-order valence-electron chi connectivity index (χ4n) is 5.56. The molecule has 3 aliphatic rings. The van der Waals surface area contributed by atoms with E-state index in [0.717, 1.165) is 22.7 Å². The van der Waals surface area contributed by atoms with Crippen LogP contribution in [0.1, 0.15) is 31.1 Å². The number of aryl methyl sites for hydroxylation is 1. The van der Waals surface area contributed by atoms with Gasteiger partial charge < -0.3 is 34.1 Å². The third-order valence-corrected chi connectivity index (χ3v) is 9.11. The van der Waals surface area contributed by atoms with Crippen molar-refractivity contribution in [1.29, 1.82) is 0 Å². The molecule has 230 valence electrons. The molecule has 1 aromatic carbocycles. The van der Waals surface area contributed by atoms with E-state index in [-0.39, 0.29) is 33.8 Å². The third kappa shape index (κ3) is 5.31. The fraction of sp³-hybridized carbons (Fsp3) is 0.464. The number of amides is 2. The highest BCUT2D eigenvalue weighted by Gasteiger charge is 2.57. The normalized spacial score (nSPS) is 20.7. The molecule has 4 heterocycles. The number of hydrogen-bond acceptors (Lipinski definition) is 10. The summed E-state index contributed by atoms with van der Waals surface area (Å²) in [6, 6.07) is 2.63. The first-order chi connectivity index (χ1) is 20.5. The Morgan fingerprint density at radius 3 is 2.42 bits per heavy atom. The Kier molecular flexibility index (Phi) is 8.38. The number of carbonyl (C=O) groups is 4. The summed E-state index contributed by atoms with van der Waals surface area (Å²) < 4.78 is 27.4. The summed E-state index contributed by atoms with van der Waals surface area (Å²) in [5.74, 6) is -4.40. The smallest absolute Gasteiger partial charge is 0.409 e. The molecule has 2 aromatic rings. The molecule has 2 amide bonds. The molecule has 0 aliphatic carbocycles. The molecule has 2 saturated heterocycles. The molecule has 43 heavy (non-hydrogen) atoms. The molecule has 2 N–H and O–H groups in total. The summed E-state index contributed by atoms with van der Waals surface area (Å²) in [7, 11) is 0. The molecule has 13 nitrogen and oxygen atoms in total. The number of hydrogen-bond donors (Lipinski definition) is 2. The molecule has 5 rings (SSSR count). The van der Waals surface area contributed by atoms with Crippen molar-refractivity contribution in [2.24, 2.45) is 5.92 Å². The number of piperazine rings is 1. The minimum Gasteiger partial charge on any atom is -0.477 e. The van der Waals surface area contributed by atoms with E-state index in [1.807, 2.05) is 0 Å². The van der Waals surface area contributed by atoms with Gasteiger partial charge in [-0.3, -0.25) is 14.5 Å². The number of carbonyl (C=O) groups excluding carboxylic acids is 3. The number of nitrogens with zero attached hydrogens (tertiary/aromatic N) is 4. The van der Waals surface area contributed by atoms with Crippen molar-refractivity contribution < 1.29 is 43.3 Å². The number of pyridine rings is 1. The van der Waals surface area contributed by atoms with Gasteiger partial charge in [0.25, 0.3) is 0 Å². The van der Waals surface area contributed by atoms with Gasteiger partial charge in [0, 0.05) is 44.3 Å². The van der Waals surface area contributed by atoms with Gasteiger partial charge in [0.1, 0.15) is 29.1 Å². The van der Waals surface area contributed by atoms with Gasteiger partial charge in [0.05, 0.1) is 34.7 Å². The molecule has 0 radical (unpaired) electrons. The zero-order chi connectivity index (χ0) is 31.2. The average Bonchev–Trinajstić information content (AvgIpc) is 3.30. The van der Waals surface area contributed by atoms with Crippen molar-refractivity contribution >= 4 is 52.3 Å². The van der Waals surface area contributed by atoms with Crippen LogP contribution in [-0.4, -0.2) is 99.4 Å². The summed E-state index contributed by atoms with van der Waals surface area (Å²) in [4.78, 5) is 67.2. The number of halogens is 1. The van der Waals surface area contributed by atoms with Crippen LogP contribution in [0.25, 0.3) is 10.9 Å². The maximum absolute atomic E-state index is 15.4. The van der Waals surface area contributed by atoms with Crippen molar-refractivity contribution in [1.82, 2.24) is 14.4 Å². The van der Waals surface area contributed by atoms with Gasteiger partial charge in [0.2, 0.25) is 11.3 Å². The number of aliphatic hydroxyl groups is 1. The van der Waals surface area contributed by atoms with Crippen LogP contribution in [0.4, 0.5) is 14.9 Å². The standard InChI is InChI=1S/C28H31FN4O9S/c1-4-30-12-16(27(39)42-13-20-22(26(37)38)33-24(36)21(14(3)34)25(33)43-20)23(35)15-10-17(29)19(11-18(15)30)31-6-8-32(9-7-31)28(40)41-5-2/h10-12,14,21,25,34H,4-9,13H2,1-3H3,(H,37,38)/t14-,21+,25-/m1/s1. The lowest BCUT2D eigenvalue weighted by atomic mass is 9.92. The molecule has 2 fully saturated rings. The zero-order valence-electron chi connectivity index (χ0n) is 23.7. The van der Waals surface area contributed by atoms with Crippen LogP contribution in [0.2, 0.25) is 0 Å². The molecular weight excluding hydrogens is 587 g/mol. The number of ether oxygens (including phenoxy) is 2. The van der Waals surface area contributed by atoms with Crippen LogP contribution in [0, 0.1) is 11.7 Å². The van der Waals surface area contributed by atoms with Gasteiger partial charge in [-0.05, 0) is 32.9 Å². The molecule has 3 atom stereocenters. The number of aliphatic hydroxyl groups excluding tert-OH is 1. The van der Waals surface area contributed by atoms with E-state index in [1.54, 1.807) is 34.3 Å². The minimum absolute atomic E-state index is 0.0297. The van der Waals surface area contributed by atoms with E-state index in [1.165, 1.54) is 13.1 Å². The highest BCUT2D eigenvalue weighted by atomic mass is 32.2. The van der Waals surface area contributed by atoms with E-state index in [2.05, 4.69) is 0 Å². The number of β-lactam (4-membered cyclic amide) rings is 1. The average molecular weight is 619 g/mol. The number of anilines is 1. The zero-order valence-corrected chi connectivity index (χ0v) is 24.6. The SMILES string of the molecule is CCOC(=O)N1CCN(c2cc3c(cc2F)c(=O)c(C(=O)OCC2=C(C(=O)O)N4C(=O)[C@H]([C@@H](C)O)[C@H]4S2)cn3CC)CC1. The Hall–Kier alpha value is -4.11. The number of rotatable bonds is 8. The molecule has 0 saturated carbocycles. The van der Waals surface area contributed by atoms with Crippen molar-refractivity contribution in [3.05, 3.63) is 50.5 Å². The lowest BCUT2D eigenvalue weighted by molar-refractivity contribution is -0.156. The first-order valence-electron chi connectivity index (χ1n) is 13.8. The topological polar surface area (TPSA) is 159 Å². The number of benzene rings is 1. The highest BCUT2D eigenvalue weighted by Crippen LogP contribution is 2.50. The van der Waals surface area contributed by atoms with Crippen LogP contribution in [0.3, 0.4) is 0 Å². The van der Waals surface area contributed by atoms with Gasteiger partial charge in [-0.25, -0.2) is 18.8 Å². The molecule has 1 aromatic heterocycles. The molecule has 0 bridgehead atoms. The van der Waals surface area contributed by atoms with E-state index in [4.69, 9.17) is 9.47 Å². The number of aromatic nitrogens is 1. The van der Waals surface area contributed by atoms with Crippen LogP contribution >= 0.6 is 11.8 Å². The van der Waals surface area contributed by atoms with E-state index in [0.29, 0.717) is 38.2 Å². The molecule has 0 spiro atoms. The number of carboxylic acids is 1. The lowest BCUT2D eigenvalue weighted by Gasteiger charge is -2.43. The third-order valence-electron chi connectivity index (χ3n) is 7.76. The van der Waals surface area contributed by atoms with Crippen molar-refractivity contribution in [2.45, 2.75) is 38.8 Å². The van der Waals surface area contributed by atoms with Crippen molar-refractivity contribution in [3.8, 4) is 0 Å². The predicted octanol–water partition coefficient (Wildman–Crippen LogP) is 1.80.